The van der Waals surface area contributed by atoms with Crippen LogP contribution in [0.3, 0.4) is 0 Å². The second-order valence-corrected chi connectivity index (χ2v) is 10.5. The molecule has 0 radical (unpaired) electrons. The molecule has 0 unspecified atom stereocenters. The van der Waals surface area contributed by atoms with Crippen molar-refractivity contribution in [2.75, 3.05) is 35.8 Å². The number of aromatic nitrogens is 4. The molecule has 3 aliphatic rings. The largest absolute Gasteiger partial charge is 0.379 e. The van der Waals surface area contributed by atoms with Gasteiger partial charge < -0.3 is 24.8 Å². The maximum absolute atomic E-state index is 13.2. The van der Waals surface area contributed by atoms with E-state index in [4.69, 9.17) is 9.84 Å². The lowest BCUT2D eigenvalue weighted by Crippen LogP contribution is -2.26. The Hall–Kier alpha value is -4.18. The summed E-state index contributed by atoms with van der Waals surface area (Å²) in [4.78, 5) is 32.5. The van der Waals surface area contributed by atoms with Gasteiger partial charge in [0.1, 0.15) is 5.82 Å². The zero-order valence-corrected chi connectivity index (χ0v) is 21.4. The zero-order chi connectivity index (χ0) is 26.0. The first-order valence-electron chi connectivity index (χ1n) is 13.0. The van der Waals surface area contributed by atoms with Crippen molar-refractivity contribution in [3.05, 3.63) is 58.8 Å². The van der Waals surface area contributed by atoms with E-state index in [9.17, 15) is 9.59 Å². The third kappa shape index (κ3) is 3.75. The van der Waals surface area contributed by atoms with E-state index in [1.54, 1.807) is 25.4 Å². The normalized spacial score (nSPS) is 18.4. The summed E-state index contributed by atoms with van der Waals surface area (Å²) < 4.78 is 9.28. The Kier molecular flexibility index (Phi) is 5.26. The number of rotatable bonds is 5. The van der Waals surface area contributed by atoms with Crippen molar-refractivity contribution in [1.82, 2.24) is 19.3 Å². The van der Waals surface area contributed by atoms with Crippen LogP contribution in [0.1, 0.15) is 31.0 Å². The lowest BCUT2D eigenvalue weighted by molar-refractivity contribution is -0.117. The molecule has 2 aliphatic heterocycles. The molecule has 2 N–H and O–H groups in total. The topological polar surface area (TPSA) is 106 Å². The summed E-state index contributed by atoms with van der Waals surface area (Å²) in [5, 5.41) is 11.7. The lowest BCUT2D eigenvalue weighted by Gasteiger charge is -2.31. The van der Waals surface area contributed by atoms with Gasteiger partial charge in [-0.15, -0.1) is 0 Å². The quantitative estimate of drug-likeness (QED) is 0.420. The molecule has 194 valence electrons. The molecule has 38 heavy (non-hydrogen) atoms. The number of ether oxygens (including phenoxy) is 1. The summed E-state index contributed by atoms with van der Waals surface area (Å²) in [5.74, 6) is 0.458. The van der Waals surface area contributed by atoms with Gasteiger partial charge in [-0.05, 0) is 31.4 Å². The molecule has 1 aliphatic carbocycles. The van der Waals surface area contributed by atoms with Gasteiger partial charge in [-0.2, -0.15) is 5.10 Å². The zero-order valence-electron chi connectivity index (χ0n) is 21.4. The van der Waals surface area contributed by atoms with Crippen LogP contribution in [0.25, 0.3) is 22.0 Å². The van der Waals surface area contributed by atoms with Crippen LogP contribution >= 0.6 is 0 Å². The average Bonchev–Trinajstić information content (AvgIpc) is 3.46. The standard InChI is InChI=1S/C28H29N7O3/c1-33-10-8-20-25(28(33)37)22(12-24(31-20)32-27(36)16-6-7-16)30-21-5-3-4-18-19-13-29-35(17-9-11-38-15-17)23(19)14-34(2)26(18)21/h3-5,8,10,12-13,16-17H,6-7,9,11,14-15H2,1-2H3,(H2,30,31,32,36)/t17-/m0/s1. The molecule has 2 fully saturated rings. The number of anilines is 4. The molecule has 10 heteroatoms. The Morgan fingerprint density at radius 1 is 1.11 bits per heavy atom. The highest BCUT2D eigenvalue weighted by Gasteiger charge is 2.31. The predicted octanol–water partition coefficient (Wildman–Crippen LogP) is 3.80. The van der Waals surface area contributed by atoms with Gasteiger partial charge >= 0.3 is 0 Å². The van der Waals surface area contributed by atoms with Crippen LogP contribution < -0.4 is 21.1 Å². The Bertz CT molecular complexity index is 1650. The van der Waals surface area contributed by atoms with Gasteiger partial charge in [-0.25, -0.2) is 4.98 Å². The number of hydrogen-bond donors (Lipinski definition) is 2. The molecule has 1 atom stereocenters. The first-order valence-corrected chi connectivity index (χ1v) is 13.0. The number of hydrogen-bond acceptors (Lipinski definition) is 7. The first-order chi connectivity index (χ1) is 18.5. The van der Waals surface area contributed by atoms with Crippen molar-refractivity contribution in [1.29, 1.82) is 0 Å². The summed E-state index contributed by atoms with van der Waals surface area (Å²) in [6.45, 7) is 2.16. The molecule has 3 aromatic heterocycles. The highest BCUT2D eigenvalue weighted by atomic mass is 16.5. The smallest absolute Gasteiger partial charge is 0.261 e. The van der Waals surface area contributed by atoms with Crippen molar-refractivity contribution in [3.8, 4) is 11.1 Å². The van der Waals surface area contributed by atoms with Gasteiger partial charge in [0.05, 0.1) is 59.0 Å². The number of benzene rings is 1. The Balaban J connectivity index is 1.32. The molecule has 5 heterocycles. The number of nitrogens with zero attached hydrogens (tertiary/aromatic N) is 5. The highest BCUT2D eigenvalue weighted by molar-refractivity contribution is 6.00. The van der Waals surface area contributed by atoms with Crippen LogP contribution in [0, 0.1) is 5.92 Å². The summed E-state index contributed by atoms with van der Waals surface area (Å²) in [6, 6.07) is 9.95. The Morgan fingerprint density at radius 2 is 1.97 bits per heavy atom. The van der Waals surface area contributed by atoms with Gasteiger partial charge in [0.2, 0.25) is 5.91 Å². The Morgan fingerprint density at radius 3 is 2.76 bits per heavy atom. The van der Waals surface area contributed by atoms with Crippen molar-refractivity contribution < 1.29 is 9.53 Å². The van der Waals surface area contributed by atoms with Crippen LogP contribution in [-0.4, -0.2) is 45.5 Å². The van der Waals surface area contributed by atoms with E-state index in [1.165, 1.54) is 10.3 Å². The SMILES string of the molecule is CN1Cc2c(cnn2[C@H]2CCOC2)-c2cccc(Nc3cc(NC(=O)C4CC4)nc4ccn(C)c(=O)c34)c21. The fourth-order valence-corrected chi connectivity index (χ4v) is 5.59. The molecule has 1 amide bonds. The lowest BCUT2D eigenvalue weighted by atomic mass is 9.97. The number of nitrogens with one attached hydrogen (secondary N) is 2. The molecule has 0 bridgehead atoms. The summed E-state index contributed by atoms with van der Waals surface area (Å²) >= 11 is 0. The van der Waals surface area contributed by atoms with E-state index in [2.05, 4.69) is 38.3 Å². The first kappa shape index (κ1) is 23.0. The summed E-state index contributed by atoms with van der Waals surface area (Å²) in [6.07, 6.45) is 6.42. The predicted molar refractivity (Wildman–Crippen MR) is 146 cm³/mol. The molecule has 4 aromatic rings. The number of carbonyl (C=O) groups excluding carboxylic acids is 1. The van der Waals surface area contributed by atoms with Gasteiger partial charge in [0, 0.05) is 50.0 Å². The minimum atomic E-state index is -0.155. The molecular formula is C28H29N7O3. The number of aryl methyl sites for hydroxylation is 1. The van der Waals surface area contributed by atoms with Crippen LogP contribution in [0.4, 0.5) is 22.9 Å². The number of carbonyl (C=O) groups is 1. The summed E-state index contributed by atoms with van der Waals surface area (Å²) in [5.41, 5.74) is 6.25. The second kappa shape index (κ2) is 8.70. The van der Waals surface area contributed by atoms with Crippen LogP contribution in [0.15, 0.2) is 47.5 Å². The Labute approximate surface area is 219 Å². The van der Waals surface area contributed by atoms with Crippen molar-refractivity contribution in [3.63, 3.8) is 0 Å². The minimum Gasteiger partial charge on any atom is -0.379 e. The average molecular weight is 512 g/mol. The molecule has 1 saturated carbocycles. The molecule has 10 nitrogen and oxygen atoms in total. The monoisotopic (exact) mass is 511 g/mol. The molecule has 1 aromatic carbocycles. The van der Waals surface area contributed by atoms with E-state index >= 15 is 0 Å². The van der Waals surface area contributed by atoms with E-state index < -0.39 is 0 Å². The van der Waals surface area contributed by atoms with Crippen LogP contribution in [-0.2, 0) is 23.1 Å². The summed E-state index contributed by atoms with van der Waals surface area (Å²) in [7, 11) is 3.79. The molecule has 7 rings (SSSR count). The highest BCUT2D eigenvalue weighted by Crippen LogP contribution is 2.45. The maximum atomic E-state index is 13.2. The van der Waals surface area contributed by atoms with Crippen LogP contribution in [0.5, 0.6) is 0 Å². The third-order valence-electron chi connectivity index (χ3n) is 7.75. The molecule has 0 spiro atoms. The molecular weight excluding hydrogens is 482 g/mol. The van der Waals surface area contributed by atoms with E-state index in [-0.39, 0.29) is 23.4 Å². The fraction of sp³-hybridized carbons (Fsp3) is 0.357. The fourth-order valence-electron chi connectivity index (χ4n) is 5.59. The number of pyridine rings is 2. The van der Waals surface area contributed by atoms with Gasteiger partial charge in [0.25, 0.3) is 5.56 Å². The molecule has 1 saturated heterocycles. The van der Waals surface area contributed by atoms with E-state index in [0.29, 0.717) is 35.6 Å². The maximum Gasteiger partial charge on any atom is 0.261 e. The number of amides is 1. The van der Waals surface area contributed by atoms with Crippen molar-refractivity contribution in [2.24, 2.45) is 13.0 Å². The third-order valence-corrected chi connectivity index (χ3v) is 7.75. The second-order valence-electron chi connectivity index (χ2n) is 10.5. The van der Waals surface area contributed by atoms with Gasteiger partial charge in [-0.3, -0.25) is 14.3 Å². The van der Waals surface area contributed by atoms with Crippen molar-refractivity contribution in [2.45, 2.75) is 31.8 Å². The number of para-hydroxylation sites is 1. The van der Waals surface area contributed by atoms with Crippen LogP contribution in [0.2, 0.25) is 0 Å². The number of fused-ring (bicyclic) bond motifs is 4. The minimum absolute atomic E-state index is 0.0272. The van der Waals surface area contributed by atoms with Crippen molar-refractivity contribution >= 4 is 39.7 Å². The van der Waals surface area contributed by atoms with E-state index in [1.807, 2.05) is 18.3 Å². The van der Waals surface area contributed by atoms with E-state index in [0.717, 1.165) is 48.4 Å². The van der Waals surface area contributed by atoms with Gasteiger partial charge in [0.15, 0.2) is 0 Å². The van der Waals surface area contributed by atoms with Gasteiger partial charge in [-0.1, -0.05) is 12.1 Å².